The predicted octanol–water partition coefficient (Wildman–Crippen LogP) is 4.56. The minimum Gasteiger partial charge on any atom is -0.387 e. The molecule has 0 amide bonds. The highest BCUT2D eigenvalue weighted by molar-refractivity contribution is 7.99. The number of hydrogen-bond donors (Lipinski definition) is 1. The Hall–Kier alpha value is -2.19. The first-order valence-electron chi connectivity index (χ1n) is 10.8. The molecule has 0 aliphatic carbocycles. The van der Waals surface area contributed by atoms with Crippen LogP contribution in [0.25, 0.3) is 0 Å². The van der Waals surface area contributed by atoms with Crippen LogP contribution in [0.3, 0.4) is 0 Å². The van der Waals surface area contributed by atoms with Crippen LogP contribution in [0.4, 0.5) is 0 Å². The second-order valence-corrected chi connectivity index (χ2v) is 9.07. The Balaban J connectivity index is 1.36. The maximum absolute atomic E-state index is 11.3. The zero-order valence-electron chi connectivity index (χ0n) is 17.5. The van der Waals surface area contributed by atoms with E-state index in [2.05, 4.69) is 0 Å². The van der Waals surface area contributed by atoms with Gasteiger partial charge in [0.05, 0.1) is 13.2 Å². The molecule has 166 valence electrons. The van der Waals surface area contributed by atoms with Crippen LogP contribution >= 0.6 is 11.8 Å². The van der Waals surface area contributed by atoms with E-state index in [1.807, 2.05) is 91.0 Å². The number of thioether (sulfide) groups is 1. The summed E-state index contributed by atoms with van der Waals surface area (Å²) in [6.07, 6.45) is -2.71. The van der Waals surface area contributed by atoms with Crippen molar-refractivity contribution < 1.29 is 24.1 Å². The number of rotatable bonds is 6. The highest BCUT2D eigenvalue weighted by atomic mass is 32.2. The summed E-state index contributed by atoms with van der Waals surface area (Å²) in [6.45, 7) is 0.753. The number of benzene rings is 3. The maximum Gasteiger partial charge on any atom is 0.184 e. The molecule has 0 unspecified atom stereocenters. The zero-order valence-corrected chi connectivity index (χ0v) is 18.3. The van der Waals surface area contributed by atoms with Crippen molar-refractivity contribution in [3.8, 4) is 0 Å². The first kappa shape index (κ1) is 21.6. The molecule has 3 aromatic carbocycles. The lowest BCUT2D eigenvalue weighted by Crippen LogP contribution is -2.61. The number of ether oxygens (including phenoxy) is 4. The molecular formula is C26H26O5S. The van der Waals surface area contributed by atoms with Crippen LogP contribution in [0.1, 0.15) is 17.4 Å². The van der Waals surface area contributed by atoms with Crippen LogP contribution in [-0.2, 0) is 25.6 Å². The molecule has 5 rings (SSSR count). The van der Waals surface area contributed by atoms with Crippen molar-refractivity contribution in [1.29, 1.82) is 0 Å². The van der Waals surface area contributed by atoms with Crippen molar-refractivity contribution >= 4 is 11.8 Å². The van der Waals surface area contributed by atoms with E-state index in [9.17, 15) is 5.11 Å². The van der Waals surface area contributed by atoms with E-state index in [0.717, 1.165) is 16.0 Å². The minimum atomic E-state index is -0.861. The Morgan fingerprint density at radius 3 is 2.22 bits per heavy atom. The molecule has 2 aliphatic rings. The highest BCUT2D eigenvalue weighted by Gasteiger charge is 2.50. The highest BCUT2D eigenvalue weighted by Crippen LogP contribution is 2.40. The van der Waals surface area contributed by atoms with E-state index in [-0.39, 0.29) is 6.10 Å². The molecule has 0 spiro atoms. The average molecular weight is 451 g/mol. The van der Waals surface area contributed by atoms with Gasteiger partial charge in [0.1, 0.15) is 29.9 Å². The second-order valence-electron chi connectivity index (χ2n) is 7.90. The monoisotopic (exact) mass is 450 g/mol. The van der Waals surface area contributed by atoms with Gasteiger partial charge in [-0.05, 0) is 17.7 Å². The summed E-state index contributed by atoms with van der Waals surface area (Å²) >= 11 is 1.49. The number of hydrogen-bond acceptors (Lipinski definition) is 6. The van der Waals surface area contributed by atoms with E-state index in [1.54, 1.807) is 0 Å². The lowest BCUT2D eigenvalue weighted by Gasteiger charge is -2.47. The summed E-state index contributed by atoms with van der Waals surface area (Å²) < 4.78 is 24.8. The Kier molecular flexibility index (Phi) is 6.88. The summed E-state index contributed by atoms with van der Waals surface area (Å²) in [6, 6.07) is 29.7. The summed E-state index contributed by atoms with van der Waals surface area (Å²) in [4.78, 5) is 1.02. The number of aliphatic hydroxyl groups is 1. The maximum atomic E-state index is 11.3. The van der Waals surface area contributed by atoms with Gasteiger partial charge < -0.3 is 24.1 Å². The van der Waals surface area contributed by atoms with Gasteiger partial charge in [0.15, 0.2) is 6.29 Å². The van der Waals surface area contributed by atoms with Gasteiger partial charge >= 0.3 is 0 Å². The van der Waals surface area contributed by atoms with Crippen LogP contribution in [0, 0.1) is 0 Å². The smallest absolute Gasteiger partial charge is 0.184 e. The minimum absolute atomic E-state index is 0.333. The quantitative estimate of drug-likeness (QED) is 0.594. The second kappa shape index (κ2) is 10.2. The van der Waals surface area contributed by atoms with E-state index in [1.165, 1.54) is 11.8 Å². The summed E-state index contributed by atoms with van der Waals surface area (Å²) in [5.41, 5.74) is 1.49. The fraction of sp³-hybridized carbons (Fsp3) is 0.308. The average Bonchev–Trinajstić information content (AvgIpc) is 2.86. The van der Waals surface area contributed by atoms with Gasteiger partial charge in [-0.15, -0.1) is 0 Å². The van der Waals surface area contributed by atoms with E-state index >= 15 is 0 Å². The summed E-state index contributed by atoms with van der Waals surface area (Å²) in [5.74, 6) is 0. The molecule has 32 heavy (non-hydrogen) atoms. The molecular weight excluding hydrogens is 424 g/mol. The zero-order chi connectivity index (χ0) is 21.8. The van der Waals surface area contributed by atoms with Crippen LogP contribution in [0.2, 0.25) is 0 Å². The summed E-state index contributed by atoms with van der Waals surface area (Å²) in [7, 11) is 0. The van der Waals surface area contributed by atoms with Crippen LogP contribution in [-0.4, -0.2) is 41.6 Å². The number of aliphatic hydroxyl groups excluding tert-OH is 1. The fourth-order valence-corrected chi connectivity index (χ4v) is 5.11. The molecule has 6 atom stereocenters. The Labute approximate surface area is 192 Å². The van der Waals surface area contributed by atoms with Gasteiger partial charge in [-0.2, -0.15) is 0 Å². The van der Waals surface area contributed by atoms with Gasteiger partial charge in [-0.3, -0.25) is 0 Å². The molecule has 5 nitrogen and oxygen atoms in total. The largest absolute Gasteiger partial charge is 0.387 e. The van der Waals surface area contributed by atoms with E-state index < -0.39 is 30.0 Å². The van der Waals surface area contributed by atoms with Gasteiger partial charge in [0, 0.05) is 10.5 Å². The Bertz CT molecular complexity index is 971. The molecule has 0 bridgehead atoms. The van der Waals surface area contributed by atoms with Crippen molar-refractivity contribution in [3.05, 3.63) is 102 Å². The normalized spacial score (nSPS) is 29.9. The predicted molar refractivity (Wildman–Crippen MR) is 122 cm³/mol. The molecule has 0 aromatic heterocycles. The molecule has 2 aliphatic heterocycles. The fourth-order valence-electron chi connectivity index (χ4n) is 4.03. The van der Waals surface area contributed by atoms with Crippen molar-refractivity contribution in [2.24, 2.45) is 0 Å². The first-order valence-corrected chi connectivity index (χ1v) is 11.7. The van der Waals surface area contributed by atoms with Gasteiger partial charge in [-0.25, -0.2) is 0 Å². The molecule has 2 fully saturated rings. The van der Waals surface area contributed by atoms with Crippen molar-refractivity contribution in [2.45, 2.75) is 47.6 Å². The van der Waals surface area contributed by atoms with Crippen molar-refractivity contribution in [1.82, 2.24) is 0 Å². The van der Waals surface area contributed by atoms with Crippen LogP contribution in [0.5, 0.6) is 0 Å². The molecule has 0 radical (unpaired) electrons. The van der Waals surface area contributed by atoms with Gasteiger partial charge in [0.25, 0.3) is 0 Å². The van der Waals surface area contributed by atoms with E-state index in [0.29, 0.717) is 13.2 Å². The molecule has 0 saturated carbocycles. The van der Waals surface area contributed by atoms with E-state index in [4.69, 9.17) is 18.9 Å². The van der Waals surface area contributed by atoms with Gasteiger partial charge in [-0.1, -0.05) is 90.6 Å². The SMILES string of the molecule is O[C@@H]1[C@@H](OCc2ccccc2)[C@@H]2O[C@H](c3ccccc3)OC[C@H]2O[C@H]1Sc1ccccc1. The molecule has 1 N–H and O–H groups in total. The third-order valence-corrected chi connectivity index (χ3v) is 6.83. The van der Waals surface area contributed by atoms with Crippen molar-refractivity contribution in [3.63, 3.8) is 0 Å². The van der Waals surface area contributed by atoms with Gasteiger partial charge in [0.2, 0.25) is 0 Å². The Morgan fingerprint density at radius 2 is 1.50 bits per heavy atom. The molecule has 3 aromatic rings. The van der Waals surface area contributed by atoms with Crippen LogP contribution < -0.4 is 0 Å². The molecule has 2 heterocycles. The lowest BCUT2D eigenvalue weighted by molar-refractivity contribution is -0.325. The Morgan fingerprint density at radius 1 is 0.844 bits per heavy atom. The molecule has 6 heteroatoms. The van der Waals surface area contributed by atoms with Crippen molar-refractivity contribution in [2.75, 3.05) is 6.61 Å². The molecule has 2 saturated heterocycles. The lowest BCUT2D eigenvalue weighted by atomic mass is 9.98. The first-order chi connectivity index (χ1) is 15.8. The number of fused-ring (bicyclic) bond motifs is 1. The summed E-state index contributed by atoms with van der Waals surface area (Å²) in [5, 5.41) is 11.3. The standard InChI is InChI=1S/C26H26O5S/c27-22-24(28-16-18-10-4-1-5-11-18)23-21(30-26(22)32-20-14-8-3-9-15-20)17-29-25(31-23)19-12-6-2-7-13-19/h1-15,21-27H,16-17H2/t21-,22-,23-,24-,25-,26+/m1/s1. The topological polar surface area (TPSA) is 57.2 Å². The third-order valence-electron chi connectivity index (χ3n) is 5.66. The third kappa shape index (κ3) is 4.91. The van der Waals surface area contributed by atoms with Crippen LogP contribution in [0.15, 0.2) is 95.9 Å².